The lowest BCUT2D eigenvalue weighted by Gasteiger charge is -2.31. The third kappa shape index (κ3) is 5.06. The van der Waals surface area contributed by atoms with Crippen molar-refractivity contribution in [3.63, 3.8) is 0 Å². The molecule has 0 radical (unpaired) electrons. The van der Waals surface area contributed by atoms with E-state index >= 15 is 0 Å². The Morgan fingerprint density at radius 2 is 1.96 bits per heavy atom. The van der Waals surface area contributed by atoms with Crippen molar-refractivity contribution in [3.05, 3.63) is 29.8 Å². The fourth-order valence-corrected chi connectivity index (χ4v) is 3.08. The van der Waals surface area contributed by atoms with E-state index in [0.717, 1.165) is 18.5 Å². The second kappa shape index (κ2) is 8.30. The molecule has 0 aromatic heterocycles. The molecule has 1 aromatic rings. The molecule has 5 nitrogen and oxygen atoms in total. The lowest BCUT2D eigenvalue weighted by molar-refractivity contribution is -0.186. The molecule has 3 rings (SSSR count). The molecular weight excluding hydrogens is 405 g/mol. The summed E-state index contributed by atoms with van der Waals surface area (Å²) in [6, 6.07) is 8.06. The third-order valence-electron chi connectivity index (χ3n) is 4.32. The summed E-state index contributed by atoms with van der Waals surface area (Å²) in [6.45, 7) is 3.20. The number of aryl methyl sites for hydroxylation is 1. The topological polar surface area (TPSA) is 68.9 Å². The summed E-state index contributed by atoms with van der Waals surface area (Å²) < 4.78 is 12.0. The Morgan fingerprint density at radius 1 is 1.26 bits per heavy atom. The predicted molar refractivity (Wildman–Crippen MR) is 103 cm³/mol. The second-order valence-corrected chi connectivity index (χ2v) is 6.24. The van der Waals surface area contributed by atoms with Crippen molar-refractivity contribution < 1.29 is 9.47 Å². The predicted octanol–water partition coefficient (Wildman–Crippen LogP) is 3.42. The number of halogens is 1. The minimum atomic E-state index is -0.336. The molecule has 1 heterocycles. The maximum Gasteiger partial charge on any atom is 0.193 e. The number of benzene rings is 1. The zero-order valence-electron chi connectivity index (χ0n) is 13.6. The van der Waals surface area contributed by atoms with E-state index in [-0.39, 0.29) is 35.9 Å². The van der Waals surface area contributed by atoms with Gasteiger partial charge in [0.05, 0.1) is 13.2 Å². The van der Waals surface area contributed by atoms with E-state index in [4.69, 9.17) is 15.2 Å². The van der Waals surface area contributed by atoms with E-state index < -0.39 is 0 Å². The molecule has 1 aliphatic heterocycles. The molecule has 6 heteroatoms. The molecule has 0 bridgehead atoms. The summed E-state index contributed by atoms with van der Waals surface area (Å²) >= 11 is 0. The average molecular weight is 431 g/mol. The molecule has 0 amide bonds. The fraction of sp³-hybridized carbons (Fsp3) is 0.588. The van der Waals surface area contributed by atoms with Crippen LogP contribution in [-0.2, 0) is 9.47 Å². The van der Waals surface area contributed by atoms with Crippen molar-refractivity contribution in [2.75, 3.05) is 18.5 Å². The highest BCUT2D eigenvalue weighted by Gasteiger charge is 2.41. The number of aliphatic imine (C=N–C) groups is 1. The highest BCUT2D eigenvalue weighted by Crippen LogP contribution is 2.37. The summed E-state index contributed by atoms with van der Waals surface area (Å²) in [5, 5.41) is 3.10. The molecule has 2 fully saturated rings. The Labute approximate surface area is 155 Å². The van der Waals surface area contributed by atoms with Gasteiger partial charge < -0.3 is 20.5 Å². The zero-order chi connectivity index (χ0) is 15.4. The van der Waals surface area contributed by atoms with E-state index in [1.165, 1.54) is 24.8 Å². The number of rotatable bonds is 3. The first kappa shape index (κ1) is 18.5. The number of hydrogen-bond donors (Lipinski definition) is 2. The summed E-state index contributed by atoms with van der Waals surface area (Å²) in [6.07, 6.45) is 5.68. The van der Waals surface area contributed by atoms with Crippen LogP contribution in [0.4, 0.5) is 5.69 Å². The van der Waals surface area contributed by atoms with Crippen LogP contribution in [0.5, 0.6) is 0 Å². The van der Waals surface area contributed by atoms with Gasteiger partial charge in [-0.15, -0.1) is 24.0 Å². The summed E-state index contributed by atoms with van der Waals surface area (Å²) in [5.74, 6) is 0.0782. The van der Waals surface area contributed by atoms with Gasteiger partial charge in [0.15, 0.2) is 11.7 Å². The molecule has 23 heavy (non-hydrogen) atoms. The first-order chi connectivity index (χ1) is 10.7. The Morgan fingerprint density at radius 3 is 2.65 bits per heavy atom. The standard InChI is InChI=1S/C17H25N3O2.HI/c1-13-5-7-14(8-6-13)20-16(18)19-11-15-12-21-17(22-15)9-3-2-4-10-17;/h5-8,15H,2-4,9-12H2,1H3,(H3,18,19,20);1H. The molecule has 2 aliphatic rings. The van der Waals surface area contributed by atoms with E-state index in [0.29, 0.717) is 19.1 Å². The normalized spacial score (nSPS) is 23.5. The van der Waals surface area contributed by atoms with Crippen LogP contribution in [0.25, 0.3) is 0 Å². The largest absolute Gasteiger partial charge is 0.370 e. The lowest BCUT2D eigenvalue weighted by atomic mass is 9.94. The van der Waals surface area contributed by atoms with Crippen LogP contribution < -0.4 is 11.1 Å². The van der Waals surface area contributed by atoms with Gasteiger partial charge in [-0.1, -0.05) is 24.1 Å². The van der Waals surface area contributed by atoms with Crippen molar-refractivity contribution in [2.24, 2.45) is 10.7 Å². The van der Waals surface area contributed by atoms with Crippen LogP contribution in [0.3, 0.4) is 0 Å². The molecule has 1 atom stereocenters. The zero-order valence-corrected chi connectivity index (χ0v) is 15.9. The number of anilines is 1. The number of nitrogens with one attached hydrogen (secondary N) is 1. The van der Waals surface area contributed by atoms with Crippen molar-refractivity contribution in [1.82, 2.24) is 0 Å². The molecule has 1 aliphatic carbocycles. The first-order valence-corrected chi connectivity index (χ1v) is 8.11. The molecule has 3 N–H and O–H groups in total. The summed E-state index contributed by atoms with van der Waals surface area (Å²) in [4.78, 5) is 4.38. The Balaban J connectivity index is 0.00000192. The smallest absolute Gasteiger partial charge is 0.193 e. The molecule has 1 unspecified atom stereocenters. The van der Waals surface area contributed by atoms with Gasteiger partial charge in [-0.3, -0.25) is 4.99 Å². The van der Waals surface area contributed by atoms with E-state index in [2.05, 4.69) is 17.2 Å². The van der Waals surface area contributed by atoms with Gasteiger partial charge in [-0.2, -0.15) is 0 Å². The Bertz CT molecular complexity index is 527. The maximum atomic E-state index is 6.09. The number of hydrogen-bond acceptors (Lipinski definition) is 3. The van der Waals surface area contributed by atoms with Gasteiger partial charge in [-0.25, -0.2) is 0 Å². The van der Waals surface area contributed by atoms with Crippen LogP contribution in [0.1, 0.15) is 37.7 Å². The highest BCUT2D eigenvalue weighted by molar-refractivity contribution is 14.0. The van der Waals surface area contributed by atoms with E-state index in [9.17, 15) is 0 Å². The highest BCUT2D eigenvalue weighted by atomic mass is 127. The number of guanidine groups is 1. The molecular formula is C17H26IN3O2. The number of nitrogens with zero attached hydrogens (tertiary/aromatic N) is 1. The van der Waals surface area contributed by atoms with Gasteiger partial charge in [-0.05, 0) is 31.9 Å². The van der Waals surface area contributed by atoms with Crippen LogP contribution >= 0.6 is 24.0 Å². The van der Waals surface area contributed by atoms with Crippen LogP contribution in [0.2, 0.25) is 0 Å². The summed E-state index contributed by atoms with van der Waals surface area (Å²) in [5.41, 5.74) is 8.10. The van der Waals surface area contributed by atoms with Crippen molar-refractivity contribution >= 4 is 35.6 Å². The van der Waals surface area contributed by atoms with Gasteiger partial charge >= 0.3 is 0 Å². The SMILES string of the molecule is Cc1ccc(NC(N)=NCC2COC3(CCCCC3)O2)cc1.I. The second-order valence-electron chi connectivity index (χ2n) is 6.24. The van der Waals surface area contributed by atoms with Crippen LogP contribution in [-0.4, -0.2) is 31.0 Å². The maximum absolute atomic E-state index is 6.09. The quantitative estimate of drug-likeness (QED) is 0.437. The average Bonchev–Trinajstić information content (AvgIpc) is 2.91. The lowest BCUT2D eigenvalue weighted by Crippen LogP contribution is -2.34. The van der Waals surface area contributed by atoms with Crippen molar-refractivity contribution in [1.29, 1.82) is 0 Å². The summed E-state index contributed by atoms with van der Waals surface area (Å²) in [7, 11) is 0. The van der Waals surface area contributed by atoms with Crippen molar-refractivity contribution in [2.45, 2.75) is 50.9 Å². The van der Waals surface area contributed by atoms with E-state index in [1.807, 2.05) is 24.3 Å². The molecule has 1 spiro atoms. The van der Waals surface area contributed by atoms with Gasteiger partial charge in [0.1, 0.15) is 6.10 Å². The van der Waals surface area contributed by atoms with Crippen LogP contribution in [0, 0.1) is 6.92 Å². The fourth-order valence-electron chi connectivity index (χ4n) is 3.08. The van der Waals surface area contributed by atoms with Gasteiger partial charge in [0.25, 0.3) is 0 Å². The van der Waals surface area contributed by atoms with E-state index in [1.54, 1.807) is 0 Å². The number of ether oxygens (including phenoxy) is 2. The van der Waals surface area contributed by atoms with Crippen molar-refractivity contribution in [3.8, 4) is 0 Å². The molecule has 128 valence electrons. The first-order valence-electron chi connectivity index (χ1n) is 8.11. The monoisotopic (exact) mass is 431 g/mol. The molecule has 1 saturated heterocycles. The number of nitrogens with two attached hydrogens (primary N) is 1. The Hall–Kier alpha value is -0.860. The minimum absolute atomic E-state index is 0. The third-order valence-corrected chi connectivity index (χ3v) is 4.32. The van der Waals surface area contributed by atoms with Crippen LogP contribution in [0.15, 0.2) is 29.3 Å². The molecule has 1 aromatic carbocycles. The minimum Gasteiger partial charge on any atom is -0.370 e. The van der Waals surface area contributed by atoms with Gasteiger partial charge in [0, 0.05) is 18.5 Å². The Kier molecular flexibility index (Phi) is 6.67. The van der Waals surface area contributed by atoms with Gasteiger partial charge in [0.2, 0.25) is 0 Å². The molecule has 1 saturated carbocycles.